The second-order valence-corrected chi connectivity index (χ2v) is 7.49. The van der Waals surface area contributed by atoms with Gasteiger partial charge in [-0.1, -0.05) is 68.9 Å². The third-order valence-electron chi connectivity index (χ3n) is 5.79. The molecule has 2 heteroatoms. The van der Waals surface area contributed by atoms with E-state index in [1.165, 1.54) is 56.9 Å². The molecule has 0 spiro atoms. The molecule has 2 fully saturated rings. The Morgan fingerprint density at radius 3 is 2.48 bits per heavy atom. The van der Waals surface area contributed by atoms with E-state index in [-0.39, 0.29) is 0 Å². The maximum Gasteiger partial charge on any atom is 0.222 e. The first-order valence-corrected chi connectivity index (χ1v) is 9.65. The number of rotatable bonds is 4. The van der Waals surface area contributed by atoms with Crippen LogP contribution in [0, 0.1) is 5.92 Å². The van der Waals surface area contributed by atoms with Crippen LogP contribution in [0.4, 0.5) is 0 Å². The van der Waals surface area contributed by atoms with Crippen LogP contribution in [0.25, 0.3) is 0 Å². The van der Waals surface area contributed by atoms with Crippen LogP contribution in [0.3, 0.4) is 0 Å². The predicted octanol–water partition coefficient (Wildman–Crippen LogP) is 5.14. The molecule has 1 saturated heterocycles. The minimum absolute atomic E-state index is 0.401. The van der Waals surface area contributed by atoms with Crippen molar-refractivity contribution in [1.82, 2.24) is 4.90 Å². The first-order chi connectivity index (χ1) is 11.3. The molecular weight excluding hydrogens is 282 g/mol. The average molecular weight is 313 g/mol. The van der Waals surface area contributed by atoms with Crippen LogP contribution in [0.5, 0.6) is 0 Å². The quantitative estimate of drug-likeness (QED) is 0.753. The van der Waals surface area contributed by atoms with Crippen LogP contribution in [0.1, 0.15) is 75.7 Å². The fourth-order valence-electron chi connectivity index (χ4n) is 4.33. The van der Waals surface area contributed by atoms with Crippen molar-refractivity contribution in [3.63, 3.8) is 0 Å². The van der Waals surface area contributed by atoms with Gasteiger partial charge in [0.05, 0.1) is 0 Å². The van der Waals surface area contributed by atoms with Gasteiger partial charge < -0.3 is 4.90 Å². The van der Waals surface area contributed by atoms with Gasteiger partial charge in [0.1, 0.15) is 0 Å². The lowest BCUT2D eigenvalue weighted by atomic mass is 9.86. The second kappa shape index (κ2) is 8.52. The molecule has 23 heavy (non-hydrogen) atoms. The SMILES string of the molecule is O=C(CCC1CCCCC1)N1CCCCC(c2ccccc2)C1. The van der Waals surface area contributed by atoms with E-state index >= 15 is 0 Å². The summed E-state index contributed by atoms with van der Waals surface area (Å²) in [5.74, 6) is 1.74. The van der Waals surface area contributed by atoms with Gasteiger partial charge in [-0.3, -0.25) is 4.79 Å². The van der Waals surface area contributed by atoms with E-state index in [2.05, 4.69) is 35.2 Å². The molecule has 1 saturated carbocycles. The molecule has 0 aromatic heterocycles. The molecule has 1 aromatic carbocycles. The summed E-state index contributed by atoms with van der Waals surface area (Å²) < 4.78 is 0. The van der Waals surface area contributed by atoms with Gasteiger partial charge in [-0.15, -0.1) is 0 Å². The van der Waals surface area contributed by atoms with E-state index in [0.717, 1.165) is 31.8 Å². The maximum absolute atomic E-state index is 12.7. The van der Waals surface area contributed by atoms with Crippen LogP contribution < -0.4 is 0 Å². The fourth-order valence-corrected chi connectivity index (χ4v) is 4.33. The fraction of sp³-hybridized carbons (Fsp3) is 0.667. The molecule has 0 radical (unpaired) electrons. The summed E-state index contributed by atoms with van der Waals surface area (Å²) in [5.41, 5.74) is 1.40. The Hall–Kier alpha value is -1.31. The van der Waals surface area contributed by atoms with Gasteiger partial charge in [0.15, 0.2) is 0 Å². The number of hydrogen-bond acceptors (Lipinski definition) is 1. The predicted molar refractivity (Wildman–Crippen MR) is 95.4 cm³/mol. The van der Waals surface area contributed by atoms with Gasteiger partial charge in [-0.2, -0.15) is 0 Å². The van der Waals surface area contributed by atoms with Crippen LogP contribution in [0.15, 0.2) is 30.3 Å². The highest BCUT2D eigenvalue weighted by Gasteiger charge is 2.24. The highest BCUT2D eigenvalue weighted by atomic mass is 16.2. The molecule has 126 valence electrons. The van der Waals surface area contributed by atoms with Crippen molar-refractivity contribution in [3.8, 4) is 0 Å². The van der Waals surface area contributed by atoms with Crippen molar-refractivity contribution in [2.45, 2.75) is 70.1 Å². The van der Waals surface area contributed by atoms with Crippen LogP contribution >= 0.6 is 0 Å². The van der Waals surface area contributed by atoms with Crippen molar-refractivity contribution in [2.75, 3.05) is 13.1 Å². The van der Waals surface area contributed by atoms with Gasteiger partial charge in [-0.25, -0.2) is 0 Å². The number of likely N-dealkylation sites (tertiary alicyclic amines) is 1. The summed E-state index contributed by atoms with van der Waals surface area (Å²) in [4.78, 5) is 14.9. The second-order valence-electron chi connectivity index (χ2n) is 7.49. The molecule has 0 bridgehead atoms. The lowest BCUT2D eigenvalue weighted by molar-refractivity contribution is -0.131. The Morgan fingerprint density at radius 1 is 0.957 bits per heavy atom. The Balaban J connectivity index is 1.54. The minimum Gasteiger partial charge on any atom is -0.342 e. The van der Waals surface area contributed by atoms with E-state index in [0.29, 0.717) is 11.8 Å². The Bertz CT molecular complexity index is 478. The smallest absolute Gasteiger partial charge is 0.222 e. The molecule has 1 atom stereocenters. The standard InChI is InChI=1S/C21H31NO/c23-21(15-14-18-9-3-1-4-10-18)22-16-8-7-13-20(17-22)19-11-5-2-6-12-19/h2,5-6,11-12,18,20H,1,3-4,7-10,13-17H2. The summed E-state index contributed by atoms with van der Waals surface area (Å²) in [6.45, 7) is 1.89. The van der Waals surface area contributed by atoms with Crippen LogP contribution in [-0.2, 0) is 4.79 Å². The van der Waals surface area contributed by atoms with Crippen molar-refractivity contribution < 1.29 is 4.79 Å². The number of benzene rings is 1. The van der Waals surface area contributed by atoms with E-state index < -0.39 is 0 Å². The molecule has 1 amide bonds. The largest absolute Gasteiger partial charge is 0.342 e. The third kappa shape index (κ3) is 4.83. The molecule has 1 heterocycles. The normalized spacial score (nSPS) is 23.5. The number of hydrogen-bond donors (Lipinski definition) is 0. The van der Waals surface area contributed by atoms with E-state index in [1.54, 1.807) is 0 Å². The topological polar surface area (TPSA) is 20.3 Å². The zero-order valence-corrected chi connectivity index (χ0v) is 14.4. The first-order valence-electron chi connectivity index (χ1n) is 9.65. The molecule has 1 aliphatic carbocycles. The van der Waals surface area contributed by atoms with Crippen molar-refractivity contribution in [1.29, 1.82) is 0 Å². The van der Waals surface area contributed by atoms with Gasteiger partial charge in [-0.05, 0) is 30.7 Å². The van der Waals surface area contributed by atoms with Crippen molar-refractivity contribution >= 4 is 5.91 Å². The molecule has 1 aromatic rings. The van der Waals surface area contributed by atoms with Gasteiger partial charge in [0, 0.05) is 25.4 Å². The molecule has 1 aliphatic heterocycles. The highest BCUT2D eigenvalue weighted by molar-refractivity contribution is 5.76. The lowest BCUT2D eigenvalue weighted by Gasteiger charge is -2.26. The van der Waals surface area contributed by atoms with Crippen molar-refractivity contribution in [2.24, 2.45) is 5.92 Å². The lowest BCUT2D eigenvalue weighted by Crippen LogP contribution is -2.34. The Labute approximate surface area is 141 Å². The number of nitrogens with zero attached hydrogens (tertiary/aromatic N) is 1. The average Bonchev–Trinajstić information content (AvgIpc) is 2.88. The van der Waals surface area contributed by atoms with E-state index in [1.807, 2.05) is 0 Å². The summed E-state index contributed by atoms with van der Waals surface area (Å²) in [6.07, 6.45) is 12.4. The number of carbonyl (C=O) groups excluding carboxylic acids is 1. The van der Waals surface area contributed by atoms with E-state index in [4.69, 9.17) is 0 Å². The summed E-state index contributed by atoms with van der Waals surface area (Å²) in [7, 11) is 0. The van der Waals surface area contributed by atoms with Gasteiger partial charge >= 0.3 is 0 Å². The number of carbonyl (C=O) groups is 1. The molecule has 2 nitrogen and oxygen atoms in total. The van der Waals surface area contributed by atoms with Crippen molar-refractivity contribution in [3.05, 3.63) is 35.9 Å². The summed E-state index contributed by atoms with van der Waals surface area (Å²) in [5, 5.41) is 0. The van der Waals surface area contributed by atoms with E-state index in [9.17, 15) is 4.79 Å². The van der Waals surface area contributed by atoms with Crippen LogP contribution in [-0.4, -0.2) is 23.9 Å². The van der Waals surface area contributed by atoms with Gasteiger partial charge in [0.2, 0.25) is 5.91 Å². The maximum atomic E-state index is 12.7. The van der Waals surface area contributed by atoms with Crippen LogP contribution in [0.2, 0.25) is 0 Å². The molecular formula is C21H31NO. The third-order valence-corrected chi connectivity index (χ3v) is 5.79. The summed E-state index contributed by atoms with van der Waals surface area (Å²) in [6, 6.07) is 10.8. The minimum atomic E-state index is 0.401. The highest BCUT2D eigenvalue weighted by Crippen LogP contribution is 2.29. The van der Waals surface area contributed by atoms with Gasteiger partial charge in [0.25, 0.3) is 0 Å². The molecule has 3 rings (SSSR count). The Kier molecular flexibility index (Phi) is 6.13. The monoisotopic (exact) mass is 313 g/mol. The zero-order chi connectivity index (χ0) is 15.9. The zero-order valence-electron chi connectivity index (χ0n) is 14.4. The molecule has 0 N–H and O–H groups in total. The summed E-state index contributed by atoms with van der Waals surface area (Å²) >= 11 is 0. The molecule has 1 unspecified atom stereocenters. The number of amides is 1. The Morgan fingerprint density at radius 2 is 1.70 bits per heavy atom. The molecule has 2 aliphatic rings. The first kappa shape index (κ1) is 16.5.